The zero-order valence-electron chi connectivity index (χ0n) is 26.2. The van der Waals surface area contributed by atoms with Gasteiger partial charge in [-0.05, 0) is 81.0 Å². The topological polar surface area (TPSA) is 176 Å². The number of pyridine rings is 1. The predicted molar refractivity (Wildman–Crippen MR) is 176 cm³/mol. The molecule has 0 fully saturated rings. The number of aromatic carboxylic acids is 1. The smallest absolute Gasteiger partial charge is 0.339 e. The first kappa shape index (κ1) is 34.8. The SMILES string of the molecule is CC1(C)C2=CC(C(=O)O)=CN(CCCCCN=C=S)C2=N/C1=C\C=C\C1=Nc2c(cc(C(=O)O)c[n+]2CCCS(=O)(=O)[O-])C1(C)C. The minimum absolute atomic E-state index is 0.0162. The maximum atomic E-state index is 12.0. The van der Waals surface area contributed by atoms with E-state index in [0.29, 0.717) is 36.0 Å². The lowest BCUT2D eigenvalue weighted by molar-refractivity contribution is -0.684. The van der Waals surface area contributed by atoms with Crippen LogP contribution in [0.15, 0.2) is 74.6 Å². The molecular formula is C32H37N5O7S2. The average molecular weight is 668 g/mol. The number of hydrogen-bond donors (Lipinski definition) is 2. The first-order valence-electron chi connectivity index (χ1n) is 14.9. The molecule has 244 valence electrons. The molecule has 4 rings (SSSR count). The molecule has 12 nitrogen and oxygen atoms in total. The van der Waals surface area contributed by atoms with Gasteiger partial charge < -0.3 is 19.7 Å². The van der Waals surface area contributed by atoms with E-state index in [-0.39, 0.29) is 24.1 Å². The van der Waals surface area contributed by atoms with Gasteiger partial charge in [-0.3, -0.25) is 0 Å². The van der Waals surface area contributed by atoms with Crippen molar-refractivity contribution in [3.63, 3.8) is 0 Å². The second-order valence-electron chi connectivity index (χ2n) is 12.3. The van der Waals surface area contributed by atoms with Crippen LogP contribution in [0.1, 0.15) is 69.3 Å². The standard InChI is InChI=1S/C32H37N5O7S2/c1-31(2)23-16-21(29(38)39)18-36(13-7-5-6-12-33-20-45)27(23)34-25(31)10-8-11-26-32(3,4)24-17-22(30(40)41)19-37(28(24)35-26)14-9-15-46(42,43)44/h8,10-11,16-19H,5-7,9,12-15H2,1-4H3,(H2-,38,39,40,41,42,43,44). The molecule has 0 radical (unpaired) electrons. The number of allylic oxidation sites excluding steroid dienone is 4. The molecule has 0 aromatic carbocycles. The van der Waals surface area contributed by atoms with Crippen LogP contribution < -0.4 is 4.57 Å². The van der Waals surface area contributed by atoms with Crippen molar-refractivity contribution in [3.8, 4) is 0 Å². The van der Waals surface area contributed by atoms with Gasteiger partial charge >= 0.3 is 17.8 Å². The van der Waals surface area contributed by atoms with Crippen molar-refractivity contribution in [2.24, 2.45) is 20.4 Å². The van der Waals surface area contributed by atoms with Gasteiger partial charge in [-0.15, -0.1) is 0 Å². The summed E-state index contributed by atoms with van der Waals surface area (Å²) in [6.07, 6.45) is 12.8. The summed E-state index contributed by atoms with van der Waals surface area (Å²) in [5.41, 5.74) is 1.82. The van der Waals surface area contributed by atoms with Crippen LogP contribution in [0.4, 0.5) is 5.82 Å². The van der Waals surface area contributed by atoms with Crippen LogP contribution in [0.2, 0.25) is 0 Å². The molecule has 4 heterocycles. The predicted octanol–water partition coefficient (Wildman–Crippen LogP) is 4.33. The normalized spacial score (nSPS) is 18.8. The Labute approximate surface area is 273 Å². The molecule has 1 aromatic heterocycles. The summed E-state index contributed by atoms with van der Waals surface area (Å²) in [5.74, 6) is -1.51. The highest BCUT2D eigenvalue weighted by molar-refractivity contribution is 7.85. The number of rotatable bonds is 14. The van der Waals surface area contributed by atoms with E-state index in [4.69, 9.17) is 9.98 Å². The van der Waals surface area contributed by atoms with E-state index in [1.54, 1.807) is 22.9 Å². The number of hydrogen-bond acceptors (Lipinski definition) is 10. The lowest BCUT2D eigenvalue weighted by Crippen LogP contribution is -2.37. The molecule has 0 atom stereocenters. The number of aromatic nitrogens is 1. The molecule has 0 spiro atoms. The van der Waals surface area contributed by atoms with Gasteiger partial charge in [0.2, 0.25) is 0 Å². The van der Waals surface area contributed by atoms with E-state index in [1.807, 2.05) is 50.8 Å². The third-order valence-corrected chi connectivity index (χ3v) is 9.24. The summed E-state index contributed by atoms with van der Waals surface area (Å²) in [6.45, 7) is 9.14. The number of carboxylic acid groups (broad SMARTS) is 2. The number of carboxylic acids is 2. The minimum atomic E-state index is -4.42. The quantitative estimate of drug-likeness (QED) is 0.0961. The summed E-state index contributed by atoms with van der Waals surface area (Å²) < 4.78 is 35.0. The number of nitrogens with zero attached hydrogens (tertiary/aromatic N) is 5. The van der Waals surface area contributed by atoms with Crippen molar-refractivity contribution in [3.05, 3.63) is 70.7 Å². The fraction of sp³-hybridized carbons (Fsp3) is 0.438. The third kappa shape index (κ3) is 7.64. The summed E-state index contributed by atoms with van der Waals surface area (Å²) in [6, 6.07) is 1.57. The lowest BCUT2D eigenvalue weighted by Gasteiger charge is -2.29. The molecule has 0 saturated heterocycles. The van der Waals surface area contributed by atoms with E-state index in [2.05, 4.69) is 22.4 Å². The van der Waals surface area contributed by atoms with Crippen LogP contribution in [-0.2, 0) is 26.9 Å². The molecule has 0 amide bonds. The van der Waals surface area contributed by atoms with Gasteiger partial charge in [0.15, 0.2) is 5.71 Å². The molecule has 3 aliphatic heterocycles. The first-order valence-corrected chi connectivity index (χ1v) is 16.8. The molecule has 0 unspecified atom stereocenters. The monoisotopic (exact) mass is 667 g/mol. The molecular weight excluding hydrogens is 631 g/mol. The number of aryl methyl sites for hydroxylation is 1. The van der Waals surface area contributed by atoms with Crippen molar-refractivity contribution >= 4 is 56.8 Å². The van der Waals surface area contributed by atoms with Crippen LogP contribution in [0.5, 0.6) is 0 Å². The molecule has 1 aromatic rings. The van der Waals surface area contributed by atoms with E-state index in [9.17, 15) is 32.8 Å². The largest absolute Gasteiger partial charge is 0.748 e. The summed E-state index contributed by atoms with van der Waals surface area (Å²) in [4.78, 5) is 39.4. The number of amidine groups is 1. The van der Waals surface area contributed by atoms with Crippen molar-refractivity contribution in [2.45, 2.75) is 65.3 Å². The van der Waals surface area contributed by atoms with Gasteiger partial charge in [-0.2, -0.15) is 0 Å². The molecule has 0 saturated carbocycles. The molecule has 2 N–H and O–H groups in total. The van der Waals surface area contributed by atoms with Crippen molar-refractivity contribution in [1.82, 2.24) is 4.90 Å². The highest BCUT2D eigenvalue weighted by Crippen LogP contribution is 2.45. The van der Waals surface area contributed by atoms with Gasteiger partial charge in [0.25, 0.3) is 0 Å². The first-order chi connectivity index (χ1) is 21.6. The minimum Gasteiger partial charge on any atom is -0.748 e. The maximum absolute atomic E-state index is 12.0. The second-order valence-corrected chi connectivity index (χ2v) is 14.1. The molecule has 3 aliphatic rings. The van der Waals surface area contributed by atoms with Gasteiger partial charge in [0, 0.05) is 36.0 Å². The van der Waals surface area contributed by atoms with Crippen molar-refractivity contribution in [2.75, 3.05) is 18.8 Å². The third-order valence-electron chi connectivity index (χ3n) is 8.32. The Bertz CT molecular complexity index is 1790. The maximum Gasteiger partial charge on any atom is 0.339 e. The lowest BCUT2D eigenvalue weighted by atomic mass is 9.80. The Hall–Kier alpha value is -4.10. The Morgan fingerprint density at radius 3 is 2.50 bits per heavy atom. The van der Waals surface area contributed by atoms with Crippen LogP contribution in [0.25, 0.3) is 0 Å². The Balaban J connectivity index is 1.62. The van der Waals surface area contributed by atoms with Crippen molar-refractivity contribution < 1.29 is 37.3 Å². The zero-order chi connectivity index (χ0) is 33.9. The van der Waals surface area contributed by atoms with Gasteiger partial charge in [0.1, 0.15) is 12.0 Å². The zero-order valence-corrected chi connectivity index (χ0v) is 27.8. The van der Waals surface area contributed by atoms with Crippen LogP contribution in [0, 0.1) is 5.41 Å². The number of fused-ring (bicyclic) bond motifs is 2. The van der Waals surface area contributed by atoms with Crippen LogP contribution >= 0.6 is 12.2 Å². The van der Waals surface area contributed by atoms with E-state index < -0.39 is 38.6 Å². The van der Waals surface area contributed by atoms with E-state index >= 15 is 0 Å². The summed E-state index contributed by atoms with van der Waals surface area (Å²) in [5, 5.41) is 21.9. The molecule has 14 heteroatoms. The number of aliphatic imine (C=N–C) groups is 3. The Kier molecular flexibility index (Phi) is 10.4. The number of unbranched alkanes of at least 4 members (excludes halogenated alkanes) is 2. The van der Waals surface area contributed by atoms with E-state index in [0.717, 1.165) is 30.5 Å². The van der Waals surface area contributed by atoms with Gasteiger partial charge in [-0.1, -0.05) is 19.9 Å². The second kappa shape index (κ2) is 13.7. The molecule has 46 heavy (non-hydrogen) atoms. The highest BCUT2D eigenvalue weighted by atomic mass is 32.2. The number of aliphatic carboxylic acids is 1. The number of carbonyl (C=O) groups is 2. The number of thiocarbonyl (C=S) groups is 1. The summed E-state index contributed by atoms with van der Waals surface area (Å²) in [7, 11) is -4.42. The molecule has 0 aliphatic carbocycles. The highest BCUT2D eigenvalue weighted by Gasteiger charge is 2.44. The Morgan fingerprint density at radius 1 is 1.11 bits per heavy atom. The van der Waals surface area contributed by atoms with Gasteiger partial charge in [0.05, 0.1) is 49.6 Å². The summed E-state index contributed by atoms with van der Waals surface area (Å²) >= 11 is 4.61. The van der Waals surface area contributed by atoms with Crippen LogP contribution in [-0.4, -0.2) is 75.6 Å². The van der Waals surface area contributed by atoms with Crippen LogP contribution in [0.3, 0.4) is 0 Å². The Morgan fingerprint density at radius 2 is 1.85 bits per heavy atom. The number of isothiocyanates is 1. The van der Waals surface area contributed by atoms with Gasteiger partial charge in [-0.25, -0.2) is 32.6 Å². The fourth-order valence-electron chi connectivity index (χ4n) is 5.64. The van der Waals surface area contributed by atoms with Crippen molar-refractivity contribution in [1.29, 1.82) is 0 Å². The fourth-order valence-corrected chi connectivity index (χ4v) is 6.21. The van der Waals surface area contributed by atoms with E-state index in [1.165, 1.54) is 6.20 Å². The average Bonchev–Trinajstić information content (AvgIpc) is 3.38. The molecule has 0 bridgehead atoms.